The summed E-state index contributed by atoms with van der Waals surface area (Å²) in [5.41, 5.74) is 0. The van der Waals surface area contributed by atoms with E-state index in [9.17, 15) is 9.90 Å². The summed E-state index contributed by atoms with van der Waals surface area (Å²) < 4.78 is 0. The molecule has 0 amide bonds. The Kier molecular flexibility index (Phi) is 14.9. The monoisotopic (exact) mass is 298 g/mol. The summed E-state index contributed by atoms with van der Waals surface area (Å²) in [5, 5.41) is 18.3. The van der Waals surface area contributed by atoms with Gasteiger partial charge in [-0.15, -0.1) is 0 Å². The molecule has 2 N–H and O–H groups in total. The third kappa shape index (κ3) is 17.1. The van der Waals surface area contributed by atoms with E-state index in [4.69, 9.17) is 5.11 Å². The van der Waals surface area contributed by atoms with Crippen LogP contribution in [0.4, 0.5) is 0 Å². The highest BCUT2D eigenvalue weighted by Gasteiger charge is 2.00. The summed E-state index contributed by atoms with van der Waals surface area (Å²) in [5.74, 6) is -0.689. The van der Waals surface area contributed by atoms with E-state index in [1.165, 1.54) is 25.7 Å². The van der Waals surface area contributed by atoms with Crippen LogP contribution in [0.5, 0.6) is 0 Å². The Morgan fingerprint density at radius 1 is 0.952 bits per heavy atom. The van der Waals surface area contributed by atoms with Crippen molar-refractivity contribution in [3.05, 3.63) is 12.2 Å². The molecule has 0 saturated carbocycles. The van der Waals surface area contributed by atoms with Gasteiger partial charge in [0.15, 0.2) is 0 Å². The minimum absolute atomic E-state index is 0.172. The van der Waals surface area contributed by atoms with E-state index >= 15 is 0 Å². The first-order valence-electron chi connectivity index (χ1n) is 8.71. The first kappa shape index (κ1) is 20.2. The third-order valence-corrected chi connectivity index (χ3v) is 3.73. The fourth-order valence-electron chi connectivity index (χ4n) is 2.36. The number of carbonyl (C=O) groups is 1. The Hall–Kier alpha value is -0.830. The number of hydrogen-bond acceptors (Lipinski definition) is 2. The number of allylic oxidation sites excluding steroid dienone is 1. The second-order valence-electron chi connectivity index (χ2n) is 5.91. The molecule has 0 spiro atoms. The van der Waals surface area contributed by atoms with Crippen LogP contribution >= 0.6 is 0 Å². The Bertz CT molecular complexity index is 261. The van der Waals surface area contributed by atoms with Crippen molar-refractivity contribution in [1.29, 1.82) is 0 Å². The predicted molar refractivity (Wildman–Crippen MR) is 88.5 cm³/mol. The van der Waals surface area contributed by atoms with Gasteiger partial charge in [0.25, 0.3) is 0 Å². The Labute approximate surface area is 130 Å². The molecule has 0 saturated heterocycles. The summed E-state index contributed by atoms with van der Waals surface area (Å²) in [4.78, 5) is 10.3. The maximum Gasteiger partial charge on any atom is 0.303 e. The van der Waals surface area contributed by atoms with Crippen molar-refractivity contribution in [1.82, 2.24) is 0 Å². The first-order valence-corrected chi connectivity index (χ1v) is 8.71. The van der Waals surface area contributed by atoms with Gasteiger partial charge in [-0.25, -0.2) is 0 Å². The molecule has 0 bridgehead atoms. The quantitative estimate of drug-likeness (QED) is 0.327. The summed E-state index contributed by atoms with van der Waals surface area (Å²) in [6.07, 6.45) is 17.4. The van der Waals surface area contributed by atoms with Gasteiger partial charge in [0.2, 0.25) is 0 Å². The number of aliphatic hydroxyl groups excluding tert-OH is 1. The van der Waals surface area contributed by atoms with Gasteiger partial charge in [0, 0.05) is 6.42 Å². The molecule has 0 aromatic carbocycles. The van der Waals surface area contributed by atoms with Crippen molar-refractivity contribution in [2.24, 2.45) is 0 Å². The molecule has 124 valence electrons. The molecular formula is C18H34O3. The molecule has 0 aliphatic carbocycles. The molecule has 0 fully saturated rings. The predicted octanol–water partition coefficient (Wildman–Crippen LogP) is 5.08. The van der Waals surface area contributed by atoms with E-state index in [0.29, 0.717) is 6.42 Å². The number of hydrogen-bond donors (Lipinski definition) is 2. The van der Waals surface area contributed by atoms with Crippen LogP contribution in [0.3, 0.4) is 0 Å². The second kappa shape index (κ2) is 15.6. The van der Waals surface area contributed by atoms with Crippen molar-refractivity contribution in [2.45, 2.75) is 96.5 Å². The average molecular weight is 298 g/mol. The summed E-state index contributed by atoms with van der Waals surface area (Å²) in [6.45, 7) is 2.20. The first-order chi connectivity index (χ1) is 10.2. The zero-order valence-corrected chi connectivity index (χ0v) is 13.7. The molecule has 0 rings (SSSR count). The summed E-state index contributed by atoms with van der Waals surface area (Å²) >= 11 is 0. The molecule has 0 aromatic rings. The molecule has 0 aliphatic rings. The van der Waals surface area contributed by atoms with Gasteiger partial charge in [-0.1, -0.05) is 64.0 Å². The lowest BCUT2D eigenvalue weighted by Gasteiger charge is -2.07. The Morgan fingerprint density at radius 2 is 1.62 bits per heavy atom. The maximum atomic E-state index is 10.3. The Morgan fingerprint density at radius 3 is 2.33 bits per heavy atom. The zero-order valence-electron chi connectivity index (χ0n) is 13.7. The van der Waals surface area contributed by atoms with Crippen LogP contribution in [-0.4, -0.2) is 22.3 Å². The number of carboxylic acids is 1. The van der Waals surface area contributed by atoms with Gasteiger partial charge in [-0.3, -0.25) is 4.79 Å². The molecule has 21 heavy (non-hydrogen) atoms. The minimum Gasteiger partial charge on any atom is -0.481 e. The molecule has 3 heteroatoms. The lowest BCUT2D eigenvalue weighted by Crippen LogP contribution is -2.04. The van der Waals surface area contributed by atoms with Crippen LogP contribution in [-0.2, 0) is 4.79 Å². The molecule has 3 nitrogen and oxygen atoms in total. The number of aliphatic carboxylic acids is 1. The highest BCUT2D eigenvalue weighted by Crippen LogP contribution is 2.10. The average Bonchev–Trinajstić information content (AvgIpc) is 2.45. The van der Waals surface area contributed by atoms with Gasteiger partial charge < -0.3 is 10.2 Å². The lowest BCUT2D eigenvalue weighted by atomic mass is 10.1. The fraction of sp³-hybridized carbons (Fsp3) is 0.833. The highest BCUT2D eigenvalue weighted by atomic mass is 16.4. The molecule has 1 atom stereocenters. The maximum absolute atomic E-state index is 10.3. The number of carboxylic acid groups (broad SMARTS) is 1. The highest BCUT2D eigenvalue weighted by molar-refractivity contribution is 5.66. The second-order valence-corrected chi connectivity index (χ2v) is 5.91. The normalized spacial score (nSPS) is 12.9. The lowest BCUT2D eigenvalue weighted by molar-refractivity contribution is -0.137. The zero-order chi connectivity index (χ0) is 15.8. The van der Waals surface area contributed by atoms with Crippen LogP contribution in [0.15, 0.2) is 12.2 Å². The molecule has 0 aromatic heterocycles. The van der Waals surface area contributed by atoms with Crippen LogP contribution in [0.1, 0.15) is 90.4 Å². The molecule has 0 radical (unpaired) electrons. The van der Waals surface area contributed by atoms with Crippen LogP contribution in [0, 0.1) is 0 Å². The van der Waals surface area contributed by atoms with Crippen molar-refractivity contribution in [3.8, 4) is 0 Å². The Balaban J connectivity index is 3.26. The standard InChI is InChI=1S/C18H34O3/c1-2-3-4-11-14-17(19)15-12-9-7-5-6-8-10-13-16-18(20)21/h9,12,17,19H,2-8,10-11,13-16H2,1H3,(H,20,21). The van der Waals surface area contributed by atoms with Crippen molar-refractivity contribution < 1.29 is 15.0 Å². The van der Waals surface area contributed by atoms with Crippen molar-refractivity contribution in [2.75, 3.05) is 0 Å². The van der Waals surface area contributed by atoms with Crippen molar-refractivity contribution >= 4 is 5.97 Å². The summed E-state index contributed by atoms with van der Waals surface area (Å²) in [7, 11) is 0. The van der Waals surface area contributed by atoms with E-state index in [1.807, 2.05) is 0 Å². The molecule has 1 unspecified atom stereocenters. The smallest absolute Gasteiger partial charge is 0.303 e. The van der Waals surface area contributed by atoms with Gasteiger partial charge in [-0.2, -0.15) is 0 Å². The van der Waals surface area contributed by atoms with Crippen molar-refractivity contribution in [3.63, 3.8) is 0 Å². The van der Waals surface area contributed by atoms with Crippen LogP contribution in [0.25, 0.3) is 0 Å². The largest absolute Gasteiger partial charge is 0.481 e. The van der Waals surface area contributed by atoms with E-state index in [2.05, 4.69) is 19.1 Å². The number of unbranched alkanes of at least 4 members (excludes halogenated alkanes) is 8. The van der Waals surface area contributed by atoms with E-state index in [-0.39, 0.29) is 6.10 Å². The van der Waals surface area contributed by atoms with Gasteiger partial charge in [0.05, 0.1) is 6.10 Å². The topological polar surface area (TPSA) is 57.5 Å². The molecule has 0 aliphatic heterocycles. The van der Waals surface area contributed by atoms with Crippen LogP contribution in [0.2, 0.25) is 0 Å². The third-order valence-electron chi connectivity index (χ3n) is 3.73. The number of aliphatic hydroxyl groups is 1. The number of rotatable bonds is 15. The minimum atomic E-state index is -0.689. The van der Waals surface area contributed by atoms with E-state index in [1.54, 1.807) is 0 Å². The van der Waals surface area contributed by atoms with E-state index < -0.39 is 5.97 Å². The van der Waals surface area contributed by atoms with Gasteiger partial charge in [0.1, 0.15) is 0 Å². The van der Waals surface area contributed by atoms with Crippen LogP contribution < -0.4 is 0 Å². The molecular weight excluding hydrogens is 264 g/mol. The molecule has 0 heterocycles. The fourth-order valence-corrected chi connectivity index (χ4v) is 2.36. The summed E-state index contributed by atoms with van der Waals surface area (Å²) in [6, 6.07) is 0. The van der Waals surface area contributed by atoms with Gasteiger partial charge >= 0.3 is 5.97 Å². The van der Waals surface area contributed by atoms with Gasteiger partial charge in [-0.05, 0) is 32.1 Å². The SMILES string of the molecule is CCCCCCC(O)CC=CCCCCCCCC(=O)O. The van der Waals surface area contributed by atoms with E-state index in [0.717, 1.165) is 51.4 Å².